The number of aromatic amines is 2. The van der Waals surface area contributed by atoms with E-state index in [4.69, 9.17) is 4.74 Å². The highest BCUT2D eigenvalue weighted by Crippen LogP contribution is 2.20. The number of ether oxygens (including phenoxy) is 1. The molecule has 26 heavy (non-hydrogen) atoms. The lowest BCUT2D eigenvalue weighted by Crippen LogP contribution is -2.30. The maximum atomic E-state index is 12.1. The number of H-pyrrole nitrogens is 2. The van der Waals surface area contributed by atoms with Crippen molar-refractivity contribution in [3.8, 4) is 17.0 Å². The highest BCUT2D eigenvalue weighted by atomic mass is 16.5. The number of carbonyl (C=O) groups is 1. The van der Waals surface area contributed by atoms with Gasteiger partial charge in [-0.1, -0.05) is 0 Å². The quantitative estimate of drug-likeness (QED) is 0.611. The Balaban J connectivity index is 1.73. The minimum atomic E-state index is -0.744. The Morgan fingerprint density at radius 3 is 2.58 bits per heavy atom. The first-order valence-electron chi connectivity index (χ1n) is 7.62. The maximum Gasteiger partial charge on any atom is 0.326 e. The van der Waals surface area contributed by atoms with E-state index in [1.54, 1.807) is 13.2 Å². The summed E-state index contributed by atoms with van der Waals surface area (Å²) in [5.41, 5.74) is 0.625. The molecule has 0 bridgehead atoms. The molecule has 0 fully saturated rings. The standard InChI is InChI=1S/C17H15N5O4/c1-26-12-4-2-10(3-5-12)13-6-11(19-9-20-13)8-18-16(24)14-7-15(23)22-17(25)21-14/h2-7,9H,8H2,1H3,(H,18,24)(H2,21,22,23,25). The van der Waals surface area contributed by atoms with E-state index in [9.17, 15) is 14.4 Å². The van der Waals surface area contributed by atoms with E-state index in [1.165, 1.54) is 6.33 Å². The molecule has 2 heterocycles. The molecule has 0 saturated heterocycles. The number of benzene rings is 1. The number of amides is 1. The van der Waals surface area contributed by atoms with Gasteiger partial charge >= 0.3 is 5.69 Å². The lowest BCUT2D eigenvalue weighted by molar-refractivity contribution is 0.0944. The first-order valence-corrected chi connectivity index (χ1v) is 7.62. The van der Waals surface area contributed by atoms with Crippen LogP contribution in [0.15, 0.2) is 52.3 Å². The average Bonchev–Trinajstić information content (AvgIpc) is 2.65. The number of aromatic nitrogens is 4. The summed E-state index contributed by atoms with van der Waals surface area (Å²) >= 11 is 0. The Bertz CT molecular complexity index is 1010. The number of hydrogen-bond donors (Lipinski definition) is 3. The monoisotopic (exact) mass is 353 g/mol. The Kier molecular flexibility index (Phi) is 4.88. The second-order valence-electron chi connectivity index (χ2n) is 5.31. The van der Waals surface area contributed by atoms with E-state index in [-0.39, 0.29) is 12.2 Å². The summed E-state index contributed by atoms with van der Waals surface area (Å²) in [6, 6.07) is 10.1. The first kappa shape index (κ1) is 17.1. The van der Waals surface area contributed by atoms with Crippen LogP contribution in [0.5, 0.6) is 5.75 Å². The van der Waals surface area contributed by atoms with Crippen LogP contribution in [0.3, 0.4) is 0 Å². The molecule has 9 nitrogen and oxygen atoms in total. The number of hydrogen-bond acceptors (Lipinski definition) is 6. The van der Waals surface area contributed by atoms with Crippen LogP contribution in [0.25, 0.3) is 11.3 Å². The largest absolute Gasteiger partial charge is 0.497 e. The predicted molar refractivity (Wildman–Crippen MR) is 92.9 cm³/mol. The molecule has 2 aromatic heterocycles. The summed E-state index contributed by atoms with van der Waals surface area (Å²) in [6.45, 7) is 0.110. The van der Waals surface area contributed by atoms with Crippen LogP contribution in [-0.2, 0) is 6.54 Å². The van der Waals surface area contributed by atoms with Crippen LogP contribution in [0.2, 0.25) is 0 Å². The van der Waals surface area contributed by atoms with E-state index in [1.807, 2.05) is 29.2 Å². The molecule has 0 saturated carbocycles. The predicted octanol–water partition coefficient (Wildman–Crippen LogP) is 0.459. The molecule has 0 aliphatic heterocycles. The number of methoxy groups -OCH3 is 1. The SMILES string of the molecule is COc1ccc(-c2cc(CNC(=O)c3cc(=O)[nH]c(=O)[nH]3)ncn2)cc1. The zero-order valence-corrected chi connectivity index (χ0v) is 13.8. The third-order valence-corrected chi connectivity index (χ3v) is 3.54. The van der Waals surface area contributed by atoms with E-state index in [2.05, 4.69) is 20.3 Å². The van der Waals surface area contributed by atoms with E-state index in [0.717, 1.165) is 17.4 Å². The number of carbonyl (C=O) groups excluding carboxylic acids is 1. The molecule has 0 atom stereocenters. The molecular formula is C17H15N5O4. The Hall–Kier alpha value is -3.75. The highest BCUT2D eigenvalue weighted by Gasteiger charge is 2.09. The summed E-state index contributed by atoms with van der Waals surface area (Å²) in [4.78, 5) is 47.1. The van der Waals surface area contributed by atoms with Crippen LogP contribution in [-0.4, -0.2) is 33.0 Å². The normalized spacial score (nSPS) is 10.3. The fourth-order valence-corrected chi connectivity index (χ4v) is 2.27. The van der Waals surface area contributed by atoms with Crippen LogP contribution in [0, 0.1) is 0 Å². The van der Waals surface area contributed by atoms with Crippen molar-refractivity contribution in [1.29, 1.82) is 0 Å². The summed E-state index contributed by atoms with van der Waals surface area (Å²) in [6.07, 6.45) is 1.40. The van der Waals surface area contributed by atoms with Gasteiger partial charge in [-0.05, 0) is 30.3 Å². The summed E-state index contributed by atoms with van der Waals surface area (Å²) in [5.74, 6) is 0.153. The van der Waals surface area contributed by atoms with Gasteiger partial charge in [0.15, 0.2) is 0 Å². The van der Waals surface area contributed by atoms with Crippen molar-refractivity contribution in [1.82, 2.24) is 25.3 Å². The van der Waals surface area contributed by atoms with Gasteiger partial charge in [0, 0.05) is 11.6 Å². The second kappa shape index (κ2) is 7.43. The molecule has 132 valence electrons. The van der Waals surface area contributed by atoms with E-state index in [0.29, 0.717) is 11.4 Å². The smallest absolute Gasteiger partial charge is 0.326 e. The zero-order valence-electron chi connectivity index (χ0n) is 13.8. The average molecular weight is 353 g/mol. The highest BCUT2D eigenvalue weighted by molar-refractivity contribution is 5.91. The van der Waals surface area contributed by atoms with Crippen molar-refractivity contribution in [2.75, 3.05) is 7.11 Å². The van der Waals surface area contributed by atoms with E-state index < -0.39 is 17.2 Å². The third-order valence-electron chi connectivity index (χ3n) is 3.54. The molecule has 0 radical (unpaired) electrons. The van der Waals surface area contributed by atoms with Gasteiger partial charge in [0.2, 0.25) is 0 Å². The van der Waals surface area contributed by atoms with Crippen molar-refractivity contribution in [3.05, 3.63) is 75.0 Å². The molecule has 3 rings (SSSR count). The second-order valence-corrected chi connectivity index (χ2v) is 5.31. The van der Waals surface area contributed by atoms with Gasteiger partial charge in [0.1, 0.15) is 17.8 Å². The summed E-state index contributed by atoms with van der Waals surface area (Å²) in [7, 11) is 1.59. The Labute approximate surface area is 147 Å². The fourth-order valence-electron chi connectivity index (χ4n) is 2.27. The molecule has 0 aliphatic rings. The lowest BCUT2D eigenvalue weighted by Gasteiger charge is -2.07. The molecule has 1 aromatic carbocycles. The van der Waals surface area contributed by atoms with E-state index >= 15 is 0 Å². The van der Waals surface area contributed by atoms with Crippen molar-refractivity contribution in [2.45, 2.75) is 6.54 Å². The zero-order chi connectivity index (χ0) is 18.5. The van der Waals surface area contributed by atoms with Crippen molar-refractivity contribution >= 4 is 5.91 Å². The molecular weight excluding hydrogens is 338 g/mol. The van der Waals surface area contributed by atoms with Gasteiger partial charge in [0.05, 0.1) is 25.0 Å². The topological polar surface area (TPSA) is 130 Å². The summed E-state index contributed by atoms with van der Waals surface area (Å²) < 4.78 is 5.12. The minimum absolute atomic E-state index is 0.110. The number of nitrogens with zero attached hydrogens (tertiary/aromatic N) is 2. The molecule has 1 amide bonds. The molecule has 0 aliphatic carbocycles. The third kappa shape index (κ3) is 4.01. The van der Waals surface area contributed by atoms with Gasteiger partial charge in [-0.2, -0.15) is 0 Å². The molecule has 3 aromatic rings. The molecule has 0 spiro atoms. The van der Waals surface area contributed by atoms with Gasteiger partial charge in [0.25, 0.3) is 11.5 Å². The fraction of sp³-hybridized carbons (Fsp3) is 0.118. The van der Waals surface area contributed by atoms with Crippen LogP contribution >= 0.6 is 0 Å². The van der Waals surface area contributed by atoms with Crippen molar-refractivity contribution < 1.29 is 9.53 Å². The lowest BCUT2D eigenvalue weighted by atomic mass is 10.1. The molecule has 0 unspecified atom stereocenters. The Morgan fingerprint density at radius 2 is 1.88 bits per heavy atom. The van der Waals surface area contributed by atoms with Gasteiger partial charge in [-0.25, -0.2) is 14.8 Å². The Morgan fingerprint density at radius 1 is 1.12 bits per heavy atom. The molecule has 3 N–H and O–H groups in total. The van der Waals surface area contributed by atoms with Gasteiger partial charge < -0.3 is 15.0 Å². The number of rotatable bonds is 5. The van der Waals surface area contributed by atoms with Gasteiger partial charge in [-0.15, -0.1) is 0 Å². The molecule has 9 heteroatoms. The van der Waals surface area contributed by atoms with Crippen LogP contribution in [0.1, 0.15) is 16.2 Å². The minimum Gasteiger partial charge on any atom is -0.497 e. The number of nitrogens with one attached hydrogen (secondary N) is 3. The summed E-state index contributed by atoms with van der Waals surface area (Å²) in [5, 5.41) is 2.59. The van der Waals surface area contributed by atoms with Crippen molar-refractivity contribution in [2.24, 2.45) is 0 Å². The van der Waals surface area contributed by atoms with Gasteiger partial charge in [-0.3, -0.25) is 14.6 Å². The first-order chi connectivity index (χ1) is 12.5. The maximum absolute atomic E-state index is 12.1. The van der Waals surface area contributed by atoms with Crippen molar-refractivity contribution in [3.63, 3.8) is 0 Å². The van der Waals surface area contributed by atoms with Crippen LogP contribution in [0.4, 0.5) is 0 Å². The van der Waals surface area contributed by atoms with Crippen LogP contribution < -0.4 is 21.3 Å².